The number of ether oxygens (including phenoxy) is 1. The van der Waals surface area contributed by atoms with Gasteiger partial charge in [-0.15, -0.1) is 0 Å². The lowest BCUT2D eigenvalue weighted by Gasteiger charge is -2.08. The van der Waals surface area contributed by atoms with Crippen LogP contribution >= 0.6 is 0 Å². The highest BCUT2D eigenvalue weighted by atomic mass is 16.5. The number of aryl methyl sites for hydroxylation is 2. The second kappa shape index (κ2) is 5.57. The van der Waals surface area contributed by atoms with Crippen LogP contribution in [0.1, 0.15) is 21.5 Å². The van der Waals surface area contributed by atoms with Gasteiger partial charge < -0.3 is 10.5 Å². The van der Waals surface area contributed by atoms with E-state index in [9.17, 15) is 4.79 Å². The number of hydrogen-bond acceptors (Lipinski definition) is 3. The Morgan fingerprint density at radius 1 is 1.11 bits per heavy atom. The molecule has 0 saturated heterocycles. The molecule has 2 rings (SSSR count). The zero-order chi connectivity index (χ0) is 13.8. The maximum absolute atomic E-state index is 12.1. The second-order valence-electron chi connectivity index (χ2n) is 4.60. The molecule has 19 heavy (non-hydrogen) atoms. The normalized spacial score (nSPS) is 10.2. The van der Waals surface area contributed by atoms with Crippen molar-refractivity contribution in [1.82, 2.24) is 0 Å². The predicted molar refractivity (Wildman–Crippen MR) is 76.6 cm³/mol. The molecule has 0 aliphatic heterocycles. The quantitative estimate of drug-likeness (QED) is 0.674. The third-order valence-corrected chi connectivity index (χ3v) is 2.93. The Balaban J connectivity index is 2.03. The number of rotatable bonds is 4. The molecule has 2 N–H and O–H groups in total. The van der Waals surface area contributed by atoms with Crippen molar-refractivity contribution in [3.63, 3.8) is 0 Å². The summed E-state index contributed by atoms with van der Waals surface area (Å²) in [6.07, 6.45) is 0. The number of anilines is 1. The van der Waals surface area contributed by atoms with E-state index in [4.69, 9.17) is 10.5 Å². The van der Waals surface area contributed by atoms with Crippen molar-refractivity contribution in [3.8, 4) is 5.75 Å². The minimum atomic E-state index is -0.0191. The van der Waals surface area contributed by atoms with Crippen molar-refractivity contribution in [2.45, 2.75) is 13.8 Å². The summed E-state index contributed by atoms with van der Waals surface area (Å²) in [7, 11) is 0. The molecular weight excluding hydrogens is 238 g/mol. The van der Waals surface area contributed by atoms with E-state index in [0.29, 0.717) is 17.0 Å². The standard InChI is InChI=1S/C16H17NO2/c1-11-3-8-15(12(2)9-11)16(18)10-19-14-6-4-13(17)5-7-14/h3-9H,10,17H2,1-2H3. The smallest absolute Gasteiger partial charge is 0.200 e. The zero-order valence-corrected chi connectivity index (χ0v) is 11.1. The monoisotopic (exact) mass is 255 g/mol. The topological polar surface area (TPSA) is 52.3 Å². The molecule has 0 atom stereocenters. The fraction of sp³-hybridized carbons (Fsp3) is 0.188. The minimum absolute atomic E-state index is 0.0191. The number of Topliss-reactive ketones (excluding diaryl/α,β-unsaturated/α-hetero) is 1. The summed E-state index contributed by atoms with van der Waals surface area (Å²) in [5, 5.41) is 0. The highest BCUT2D eigenvalue weighted by molar-refractivity contribution is 5.98. The Morgan fingerprint density at radius 2 is 1.79 bits per heavy atom. The molecule has 0 aromatic heterocycles. The average Bonchev–Trinajstić information content (AvgIpc) is 2.37. The molecule has 0 bridgehead atoms. The minimum Gasteiger partial charge on any atom is -0.485 e. The van der Waals surface area contributed by atoms with E-state index < -0.39 is 0 Å². The summed E-state index contributed by atoms with van der Waals surface area (Å²) in [6.45, 7) is 3.98. The summed E-state index contributed by atoms with van der Waals surface area (Å²) in [5.74, 6) is 0.627. The predicted octanol–water partition coefficient (Wildman–Crippen LogP) is 3.15. The van der Waals surface area contributed by atoms with Crippen LogP contribution in [0.5, 0.6) is 5.75 Å². The molecule has 0 unspecified atom stereocenters. The van der Waals surface area contributed by atoms with Gasteiger partial charge in [0.1, 0.15) is 5.75 Å². The van der Waals surface area contributed by atoms with Gasteiger partial charge in [0.05, 0.1) is 0 Å². The molecule has 3 nitrogen and oxygen atoms in total. The number of benzene rings is 2. The fourth-order valence-electron chi connectivity index (χ4n) is 1.92. The molecule has 2 aromatic rings. The Bertz CT molecular complexity index is 588. The highest BCUT2D eigenvalue weighted by Gasteiger charge is 2.09. The van der Waals surface area contributed by atoms with Crippen molar-refractivity contribution >= 4 is 11.5 Å². The van der Waals surface area contributed by atoms with Crippen molar-refractivity contribution in [2.24, 2.45) is 0 Å². The summed E-state index contributed by atoms with van der Waals surface area (Å²) in [5.41, 5.74) is 9.09. The molecule has 0 fully saturated rings. The van der Waals surface area contributed by atoms with Crippen molar-refractivity contribution in [2.75, 3.05) is 12.3 Å². The Labute approximate surface area is 113 Å². The van der Waals surface area contributed by atoms with Crippen LogP contribution in [0.4, 0.5) is 5.69 Å². The number of carbonyl (C=O) groups is 1. The van der Waals surface area contributed by atoms with E-state index in [1.54, 1.807) is 24.3 Å². The number of carbonyl (C=O) groups excluding carboxylic acids is 1. The van der Waals surface area contributed by atoms with Crippen molar-refractivity contribution in [3.05, 3.63) is 59.2 Å². The van der Waals surface area contributed by atoms with Gasteiger partial charge >= 0.3 is 0 Å². The number of nitrogen functional groups attached to an aromatic ring is 1. The van der Waals surface area contributed by atoms with E-state index in [0.717, 1.165) is 11.1 Å². The van der Waals surface area contributed by atoms with Crippen LogP contribution in [0.2, 0.25) is 0 Å². The Kier molecular flexibility index (Phi) is 3.85. The first-order chi connectivity index (χ1) is 9.06. The van der Waals surface area contributed by atoms with E-state index in [1.807, 2.05) is 32.0 Å². The largest absolute Gasteiger partial charge is 0.485 e. The van der Waals surface area contributed by atoms with Gasteiger partial charge in [0, 0.05) is 11.3 Å². The van der Waals surface area contributed by atoms with Gasteiger partial charge in [-0.05, 0) is 43.7 Å². The van der Waals surface area contributed by atoms with Gasteiger partial charge in [0.25, 0.3) is 0 Å². The molecule has 0 amide bonds. The van der Waals surface area contributed by atoms with Gasteiger partial charge in [-0.25, -0.2) is 0 Å². The van der Waals surface area contributed by atoms with Crippen LogP contribution in [-0.4, -0.2) is 12.4 Å². The first kappa shape index (κ1) is 13.1. The summed E-state index contributed by atoms with van der Waals surface area (Å²) >= 11 is 0. The molecular formula is C16H17NO2. The van der Waals surface area contributed by atoms with E-state index >= 15 is 0 Å². The maximum atomic E-state index is 12.1. The number of ketones is 1. The van der Waals surface area contributed by atoms with Crippen LogP contribution in [0, 0.1) is 13.8 Å². The zero-order valence-electron chi connectivity index (χ0n) is 11.1. The molecule has 0 spiro atoms. The first-order valence-electron chi connectivity index (χ1n) is 6.15. The third kappa shape index (κ3) is 3.35. The molecule has 0 saturated carbocycles. The average molecular weight is 255 g/mol. The van der Waals surface area contributed by atoms with Gasteiger partial charge in [-0.2, -0.15) is 0 Å². The van der Waals surface area contributed by atoms with Crippen LogP contribution in [0.15, 0.2) is 42.5 Å². The summed E-state index contributed by atoms with van der Waals surface area (Å²) < 4.78 is 5.46. The number of hydrogen-bond donors (Lipinski definition) is 1. The van der Waals surface area contributed by atoms with Gasteiger partial charge in [-0.1, -0.05) is 23.8 Å². The van der Waals surface area contributed by atoms with Crippen LogP contribution in [0.3, 0.4) is 0 Å². The van der Waals surface area contributed by atoms with Crippen LogP contribution in [0.25, 0.3) is 0 Å². The van der Waals surface area contributed by atoms with E-state index in [2.05, 4.69) is 0 Å². The lowest BCUT2D eigenvalue weighted by atomic mass is 10.0. The second-order valence-corrected chi connectivity index (χ2v) is 4.60. The van der Waals surface area contributed by atoms with Crippen LogP contribution < -0.4 is 10.5 Å². The summed E-state index contributed by atoms with van der Waals surface area (Å²) in [6, 6.07) is 12.8. The van der Waals surface area contributed by atoms with Gasteiger partial charge in [-0.3, -0.25) is 4.79 Å². The fourth-order valence-corrected chi connectivity index (χ4v) is 1.92. The number of nitrogens with two attached hydrogens (primary N) is 1. The lowest BCUT2D eigenvalue weighted by Crippen LogP contribution is -2.13. The summed E-state index contributed by atoms with van der Waals surface area (Å²) in [4.78, 5) is 12.1. The molecule has 2 aromatic carbocycles. The molecule has 98 valence electrons. The van der Waals surface area contributed by atoms with Crippen LogP contribution in [-0.2, 0) is 0 Å². The molecule has 3 heteroatoms. The van der Waals surface area contributed by atoms with E-state index in [1.165, 1.54) is 0 Å². The Morgan fingerprint density at radius 3 is 2.42 bits per heavy atom. The molecule has 0 radical (unpaired) electrons. The molecule has 0 aliphatic rings. The van der Waals surface area contributed by atoms with Gasteiger partial charge in [0.15, 0.2) is 12.4 Å². The maximum Gasteiger partial charge on any atom is 0.200 e. The lowest BCUT2D eigenvalue weighted by molar-refractivity contribution is 0.0921. The Hall–Kier alpha value is -2.29. The highest BCUT2D eigenvalue weighted by Crippen LogP contribution is 2.15. The molecule has 0 heterocycles. The third-order valence-electron chi connectivity index (χ3n) is 2.93. The SMILES string of the molecule is Cc1ccc(C(=O)COc2ccc(N)cc2)c(C)c1. The van der Waals surface area contributed by atoms with Crippen molar-refractivity contribution in [1.29, 1.82) is 0 Å². The van der Waals surface area contributed by atoms with Crippen molar-refractivity contribution < 1.29 is 9.53 Å². The van der Waals surface area contributed by atoms with E-state index in [-0.39, 0.29) is 12.4 Å². The molecule has 0 aliphatic carbocycles. The van der Waals surface area contributed by atoms with Gasteiger partial charge in [0.2, 0.25) is 0 Å². The first-order valence-corrected chi connectivity index (χ1v) is 6.15.